The first kappa shape index (κ1) is 9.77. The van der Waals surface area contributed by atoms with Crippen LogP contribution in [0.2, 0.25) is 0 Å². The highest BCUT2D eigenvalue weighted by Gasteiger charge is 2.26. The molecule has 0 bridgehead atoms. The zero-order valence-electron chi connectivity index (χ0n) is 7.72. The predicted octanol–water partition coefficient (Wildman–Crippen LogP) is 3.14. The minimum Gasteiger partial charge on any atom is -0.493 e. The largest absolute Gasteiger partial charge is 0.493 e. The second-order valence-electron chi connectivity index (χ2n) is 3.24. The average Bonchev–Trinajstić information content (AvgIpc) is 2.93. The van der Waals surface area contributed by atoms with Crippen LogP contribution in [0.4, 0.5) is 4.39 Å². The van der Waals surface area contributed by atoms with E-state index in [-0.39, 0.29) is 11.9 Å². The summed E-state index contributed by atoms with van der Waals surface area (Å²) in [5.41, 5.74) is 0. The monoisotopic (exact) mass is 260 g/mol. The van der Waals surface area contributed by atoms with Gasteiger partial charge in [-0.1, -0.05) is 0 Å². The van der Waals surface area contributed by atoms with Gasteiger partial charge in [-0.3, -0.25) is 0 Å². The van der Waals surface area contributed by atoms with E-state index in [4.69, 9.17) is 9.47 Å². The van der Waals surface area contributed by atoms with Crippen molar-refractivity contribution in [1.82, 2.24) is 0 Å². The van der Waals surface area contributed by atoms with E-state index in [0.717, 1.165) is 12.8 Å². The third-order valence-corrected chi connectivity index (χ3v) is 2.59. The summed E-state index contributed by atoms with van der Waals surface area (Å²) in [6.07, 6.45) is 2.39. The molecule has 0 aromatic heterocycles. The Labute approximate surface area is 90.1 Å². The molecule has 0 amide bonds. The minimum atomic E-state index is -0.336. The first-order valence-corrected chi connectivity index (χ1v) is 5.19. The molecular weight excluding hydrogens is 251 g/mol. The Bertz CT molecular complexity index is 350. The summed E-state index contributed by atoms with van der Waals surface area (Å²) in [4.78, 5) is 0. The molecule has 2 rings (SSSR count). The van der Waals surface area contributed by atoms with E-state index in [1.807, 2.05) is 0 Å². The number of ether oxygens (including phenoxy) is 2. The topological polar surface area (TPSA) is 18.5 Å². The molecule has 0 spiro atoms. The van der Waals surface area contributed by atoms with Gasteiger partial charge in [0.1, 0.15) is 5.82 Å². The van der Waals surface area contributed by atoms with E-state index in [1.165, 1.54) is 19.2 Å². The van der Waals surface area contributed by atoms with Gasteiger partial charge in [-0.15, -0.1) is 0 Å². The molecule has 0 N–H and O–H groups in total. The summed E-state index contributed by atoms with van der Waals surface area (Å²) in [7, 11) is 1.50. The third-order valence-electron chi connectivity index (χ3n) is 2.00. The number of halogens is 2. The van der Waals surface area contributed by atoms with Crippen molar-refractivity contribution < 1.29 is 13.9 Å². The van der Waals surface area contributed by atoms with Crippen molar-refractivity contribution in [2.45, 2.75) is 18.9 Å². The molecule has 0 radical (unpaired) electrons. The van der Waals surface area contributed by atoms with Gasteiger partial charge in [0, 0.05) is 6.07 Å². The fourth-order valence-corrected chi connectivity index (χ4v) is 1.66. The van der Waals surface area contributed by atoms with Crippen LogP contribution in [0.25, 0.3) is 0 Å². The molecule has 76 valence electrons. The highest BCUT2D eigenvalue weighted by molar-refractivity contribution is 9.10. The highest BCUT2D eigenvalue weighted by Crippen LogP contribution is 2.39. The Balaban J connectivity index is 2.33. The minimum absolute atomic E-state index is 0.269. The quantitative estimate of drug-likeness (QED) is 0.832. The fraction of sp³-hybridized carbons (Fsp3) is 0.400. The summed E-state index contributed by atoms with van der Waals surface area (Å²) in [6.45, 7) is 0. The zero-order valence-corrected chi connectivity index (χ0v) is 9.30. The Morgan fingerprint density at radius 1 is 1.43 bits per heavy atom. The molecule has 14 heavy (non-hydrogen) atoms. The molecule has 1 saturated carbocycles. The summed E-state index contributed by atoms with van der Waals surface area (Å²) in [5, 5.41) is 0. The van der Waals surface area contributed by atoms with Gasteiger partial charge in [-0.05, 0) is 34.8 Å². The van der Waals surface area contributed by atoms with Crippen molar-refractivity contribution in [1.29, 1.82) is 0 Å². The van der Waals surface area contributed by atoms with Gasteiger partial charge < -0.3 is 9.47 Å². The molecular formula is C10H10BrFO2. The molecule has 1 aliphatic rings. The van der Waals surface area contributed by atoms with E-state index in [9.17, 15) is 4.39 Å². The maximum absolute atomic E-state index is 13.0. The SMILES string of the molecule is COc1cc(F)cc(Br)c1OC1CC1. The van der Waals surface area contributed by atoms with Crippen LogP contribution in [0.15, 0.2) is 16.6 Å². The third kappa shape index (κ3) is 2.00. The lowest BCUT2D eigenvalue weighted by Gasteiger charge is -2.11. The van der Waals surface area contributed by atoms with Gasteiger partial charge in [-0.2, -0.15) is 0 Å². The predicted molar refractivity (Wildman–Crippen MR) is 54.3 cm³/mol. The molecule has 1 fully saturated rings. The summed E-state index contributed by atoms with van der Waals surface area (Å²) in [6, 6.07) is 2.70. The first-order valence-electron chi connectivity index (χ1n) is 4.40. The van der Waals surface area contributed by atoms with E-state index < -0.39 is 0 Å². The number of hydrogen-bond acceptors (Lipinski definition) is 2. The average molecular weight is 261 g/mol. The summed E-state index contributed by atoms with van der Waals surface area (Å²) in [5.74, 6) is 0.692. The molecule has 0 aliphatic heterocycles. The van der Waals surface area contributed by atoms with E-state index >= 15 is 0 Å². The maximum Gasteiger partial charge on any atom is 0.175 e. The lowest BCUT2D eigenvalue weighted by atomic mass is 10.3. The lowest BCUT2D eigenvalue weighted by Crippen LogP contribution is -2.00. The van der Waals surface area contributed by atoms with Crippen molar-refractivity contribution >= 4 is 15.9 Å². The van der Waals surface area contributed by atoms with E-state index in [2.05, 4.69) is 15.9 Å². The first-order chi connectivity index (χ1) is 6.70. The normalized spacial score (nSPS) is 15.4. The van der Waals surface area contributed by atoms with Crippen molar-refractivity contribution in [3.05, 3.63) is 22.4 Å². The zero-order chi connectivity index (χ0) is 10.1. The Hall–Kier alpha value is -0.770. The number of methoxy groups -OCH3 is 1. The van der Waals surface area contributed by atoms with Crippen LogP contribution in [0.5, 0.6) is 11.5 Å². The Morgan fingerprint density at radius 3 is 2.71 bits per heavy atom. The number of rotatable bonds is 3. The van der Waals surface area contributed by atoms with Gasteiger partial charge in [0.2, 0.25) is 0 Å². The Kier molecular flexibility index (Phi) is 2.63. The second kappa shape index (κ2) is 3.77. The molecule has 0 atom stereocenters. The van der Waals surface area contributed by atoms with Crippen molar-refractivity contribution in [3.8, 4) is 11.5 Å². The molecule has 4 heteroatoms. The molecule has 1 aromatic carbocycles. The van der Waals surface area contributed by atoms with E-state index in [1.54, 1.807) is 0 Å². The van der Waals surface area contributed by atoms with Crippen LogP contribution in [0.3, 0.4) is 0 Å². The van der Waals surface area contributed by atoms with Crippen LogP contribution in [0.1, 0.15) is 12.8 Å². The van der Waals surface area contributed by atoms with Crippen LogP contribution in [0, 0.1) is 5.82 Å². The maximum atomic E-state index is 13.0. The van der Waals surface area contributed by atoms with Gasteiger partial charge in [-0.25, -0.2) is 4.39 Å². The second-order valence-corrected chi connectivity index (χ2v) is 4.09. The van der Waals surface area contributed by atoms with Crippen molar-refractivity contribution in [2.24, 2.45) is 0 Å². The van der Waals surface area contributed by atoms with Gasteiger partial charge in [0.15, 0.2) is 11.5 Å². The number of hydrogen-bond donors (Lipinski definition) is 0. The van der Waals surface area contributed by atoms with Crippen LogP contribution in [-0.2, 0) is 0 Å². The molecule has 0 saturated heterocycles. The summed E-state index contributed by atoms with van der Waals surface area (Å²) < 4.78 is 24.2. The molecule has 0 heterocycles. The van der Waals surface area contributed by atoms with Crippen LogP contribution < -0.4 is 9.47 Å². The highest BCUT2D eigenvalue weighted by atomic mass is 79.9. The standard InChI is InChI=1S/C10H10BrFO2/c1-13-9-5-6(12)4-8(11)10(9)14-7-2-3-7/h4-5,7H,2-3H2,1H3. The number of benzene rings is 1. The molecule has 2 nitrogen and oxygen atoms in total. The summed E-state index contributed by atoms with van der Waals surface area (Å²) >= 11 is 3.25. The fourth-order valence-electron chi connectivity index (χ4n) is 1.16. The van der Waals surface area contributed by atoms with Gasteiger partial charge in [0.05, 0.1) is 17.7 Å². The lowest BCUT2D eigenvalue weighted by molar-refractivity contribution is 0.279. The molecule has 0 unspecified atom stereocenters. The van der Waals surface area contributed by atoms with Gasteiger partial charge >= 0.3 is 0 Å². The molecule has 1 aromatic rings. The van der Waals surface area contributed by atoms with Crippen LogP contribution >= 0.6 is 15.9 Å². The molecule has 1 aliphatic carbocycles. The van der Waals surface area contributed by atoms with Crippen molar-refractivity contribution in [3.63, 3.8) is 0 Å². The smallest absolute Gasteiger partial charge is 0.175 e. The van der Waals surface area contributed by atoms with Crippen LogP contribution in [-0.4, -0.2) is 13.2 Å². The van der Waals surface area contributed by atoms with Crippen molar-refractivity contribution in [2.75, 3.05) is 7.11 Å². The van der Waals surface area contributed by atoms with E-state index in [0.29, 0.717) is 16.0 Å². The Morgan fingerprint density at radius 2 is 2.14 bits per heavy atom. The van der Waals surface area contributed by atoms with Gasteiger partial charge in [0.25, 0.3) is 0 Å².